The molecule has 0 fully saturated rings. The molecule has 1 aromatic heterocycles. The number of rotatable bonds is 4. The van der Waals surface area contributed by atoms with Crippen LogP contribution in [0.25, 0.3) is 0 Å². The molecule has 0 radical (unpaired) electrons. The van der Waals surface area contributed by atoms with E-state index in [1.165, 1.54) is 0 Å². The molecule has 2 unspecified atom stereocenters. The number of hydrogen-bond donors (Lipinski definition) is 2. The minimum absolute atomic E-state index is 0.175. The highest BCUT2D eigenvalue weighted by molar-refractivity contribution is 5.93. The Morgan fingerprint density at radius 2 is 2.40 bits per heavy atom. The molecule has 84 valence electrons. The predicted octanol–water partition coefficient (Wildman–Crippen LogP) is 0.732. The zero-order valence-corrected chi connectivity index (χ0v) is 9.40. The standard InChI is InChI=1S/C10H18N4O/c1-4-7(2)9(11)10(15)12-8-5-6-14(3)13-8/h5-7,9H,4,11H2,1-3H3,(H,12,13,15). The van der Waals surface area contributed by atoms with E-state index < -0.39 is 6.04 Å². The third-order valence-electron chi connectivity index (χ3n) is 2.52. The van der Waals surface area contributed by atoms with Gasteiger partial charge in [0.15, 0.2) is 5.82 Å². The Balaban J connectivity index is 2.55. The second-order valence-corrected chi connectivity index (χ2v) is 3.78. The SMILES string of the molecule is CCC(C)C(N)C(=O)Nc1ccn(C)n1. The maximum atomic E-state index is 11.6. The molecule has 3 N–H and O–H groups in total. The molecule has 1 aromatic rings. The Kier molecular flexibility index (Phi) is 3.85. The third-order valence-corrected chi connectivity index (χ3v) is 2.52. The summed E-state index contributed by atoms with van der Waals surface area (Å²) in [5.41, 5.74) is 5.78. The number of nitrogens with two attached hydrogens (primary N) is 1. The van der Waals surface area contributed by atoms with Gasteiger partial charge in [0.05, 0.1) is 6.04 Å². The largest absolute Gasteiger partial charge is 0.320 e. The normalized spacial score (nSPS) is 14.7. The summed E-state index contributed by atoms with van der Waals surface area (Å²) in [6, 6.07) is 1.26. The Bertz CT molecular complexity index is 334. The van der Waals surface area contributed by atoms with Crippen LogP contribution in [0.1, 0.15) is 20.3 Å². The smallest absolute Gasteiger partial charge is 0.242 e. The summed E-state index contributed by atoms with van der Waals surface area (Å²) in [6.07, 6.45) is 2.65. The van der Waals surface area contributed by atoms with Crippen LogP contribution in [0.15, 0.2) is 12.3 Å². The first-order valence-electron chi connectivity index (χ1n) is 5.10. The molecule has 0 bridgehead atoms. The van der Waals surface area contributed by atoms with Crippen molar-refractivity contribution in [2.75, 3.05) is 5.32 Å². The lowest BCUT2D eigenvalue weighted by atomic mass is 9.99. The van der Waals surface area contributed by atoms with Crippen molar-refractivity contribution < 1.29 is 4.79 Å². The van der Waals surface area contributed by atoms with E-state index in [0.717, 1.165) is 6.42 Å². The number of aromatic nitrogens is 2. The number of aryl methyl sites for hydroxylation is 1. The quantitative estimate of drug-likeness (QED) is 0.769. The highest BCUT2D eigenvalue weighted by Gasteiger charge is 2.19. The molecule has 5 heteroatoms. The predicted molar refractivity (Wildman–Crippen MR) is 59.3 cm³/mol. The first-order chi connectivity index (χ1) is 7.04. The average molecular weight is 210 g/mol. The van der Waals surface area contributed by atoms with Crippen molar-refractivity contribution in [3.05, 3.63) is 12.3 Å². The minimum atomic E-state index is -0.475. The molecule has 5 nitrogen and oxygen atoms in total. The average Bonchev–Trinajstić information content (AvgIpc) is 2.61. The van der Waals surface area contributed by atoms with Gasteiger partial charge in [0.1, 0.15) is 0 Å². The first kappa shape index (κ1) is 11.7. The molecule has 1 heterocycles. The van der Waals surface area contributed by atoms with Gasteiger partial charge in [0, 0.05) is 19.3 Å². The molecule has 15 heavy (non-hydrogen) atoms. The summed E-state index contributed by atoms with van der Waals surface area (Å²) >= 11 is 0. The van der Waals surface area contributed by atoms with E-state index in [1.807, 2.05) is 13.8 Å². The number of anilines is 1. The van der Waals surface area contributed by atoms with Crippen LogP contribution in [0.4, 0.5) is 5.82 Å². The molecule has 0 spiro atoms. The van der Waals surface area contributed by atoms with Crippen molar-refractivity contribution in [2.24, 2.45) is 18.7 Å². The molecule has 1 rings (SSSR count). The van der Waals surface area contributed by atoms with E-state index >= 15 is 0 Å². The van der Waals surface area contributed by atoms with Gasteiger partial charge in [-0.05, 0) is 5.92 Å². The van der Waals surface area contributed by atoms with Crippen molar-refractivity contribution >= 4 is 11.7 Å². The Labute approximate surface area is 89.6 Å². The van der Waals surface area contributed by atoms with Crippen molar-refractivity contribution in [3.8, 4) is 0 Å². The molecular formula is C10H18N4O. The van der Waals surface area contributed by atoms with Crippen LogP contribution in [-0.2, 0) is 11.8 Å². The van der Waals surface area contributed by atoms with Crippen LogP contribution in [0, 0.1) is 5.92 Å². The molecule has 0 aliphatic heterocycles. The Morgan fingerprint density at radius 1 is 1.73 bits per heavy atom. The summed E-state index contributed by atoms with van der Waals surface area (Å²) in [7, 11) is 1.80. The van der Waals surface area contributed by atoms with E-state index in [-0.39, 0.29) is 11.8 Å². The van der Waals surface area contributed by atoms with Crippen molar-refractivity contribution in [3.63, 3.8) is 0 Å². The molecule has 0 aliphatic carbocycles. The third kappa shape index (κ3) is 3.06. The Hall–Kier alpha value is -1.36. The van der Waals surface area contributed by atoms with Gasteiger partial charge >= 0.3 is 0 Å². The van der Waals surface area contributed by atoms with E-state index in [9.17, 15) is 4.79 Å². The zero-order chi connectivity index (χ0) is 11.4. The van der Waals surface area contributed by atoms with Gasteiger partial charge in [0.2, 0.25) is 5.91 Å². The lowest BCUT2D eigenvalue weighted by Gasteiger charge is -2.16. The lowest BCUT2D eigenvalue weighted by Crippen LogP contribution is -2.40. The summed E-state index contributed by atoms with van der Waals surface area (Å²) in [6.45, 7) is 3.97. The topological polar surface area (TPSA) is 72.9 Å². The number of nitrogens with zero attached hydrogens (tertiary/aromatic N) is 2. The summed E-state index contributed by atoms with van der Waals surface area (Å²) in [4.78, 5) is 11.6. The van der Waals surface area contributed by atoms with Crippen molar-refractivity contribution in [2.45, 2.75) is 26.3 Å². The van der Waals surface area contributed by atoms with E-state index in [2.05, 4.69) is 10.4 Å². The van der Waals surface area contributed by atoms with Crippen LogP contribution in [-0.4, -0.2) is 21.7 Å². The lowest BCUT2D eigenvalue weighted by molar-refractivity contribution is -0.118. The van der Waals surface area contributed by atoms with Gasteiger partial charge in [-0.3, -0.25) is 9.48 Å². The summed E-state index contributed by atoms with van der Waals surface area (Å²) in [5.74, 6) is 0.540. The second kappa shape index (κ2) is 4.93. The zero-order valence-electron chi connectivity index (χ0n) is 9.40. The number of amides is 1. The maximum Gasteiger partial charge on any atom is 0.242 e. The monoisotopic (exact) mass is 210 g/mol. The van der Waals surface area contributed by atoms with Crippen molar-refractivity contribution in [1.82, 2.24) is 9.78 Å². The van der Waals surface area contributed by atoms with Gasteiger partial charge < -0.3 is 11.1 Å². The highest BCUT2D eigenvalue weighted by atomic mass is 16.2. The fourth-order valence-electron chi connectivity index (χ4n) is 1.20. The maximum absolute atomic E-state index is 11.6. The molecule has 0 saturated heterocycles. The molecule has 1 amide bonds. The van der Waals surface area contributed by atoms with Gasteiger partial charge in [0.25, 0.3) is 0 Å². The molecule has 2 atom stereocenters. The van der Waals surface area contributed by atoms with Gasteiger partial charge in [-0.15, -0.1) is 0 Å². The van der Waals surface area contributed by atoms with Crippen molar-refractivity contribution in [1.29, 1.82) is 0 Å². The summed E-state index contributed by atoms with van der Waals surface area (Å²) in [5, 5.41) is 6.73. The van der Waals surface area contributed by atoms with E-state index in [4.69, 9.17) is 5.73 Å². The number of hydrogen-bond acceptors (Lipinski definition) is 3. The van der Waals surface area contributed by atoms with E-state index in [0.29, 0.717) is 5.82 Å². The van der Waals surface area contributed by atoms with Crippen LogP contribution < -0.4 is 11.1 Å². The highest BCUT2D eigenvalue weighted by Crippen LogP contribution is 2.08. The van der Waals surface area contributed by atoms with Gasteiger partial charge in [-0.25, -0.2) is 0 Å². The fourth-order valence-corrected chi connectivity index (χ4v) is 1.20. The second-order valence-electron chi connectivity index (χ2n) is 3.78. The molecule has 0 aliphatic rings. The van der Waals surface area contributed by atoms with E-state index in [1.54, 1.807) is 24.0 Å². The molecular weight excluding hydrogens is 192 g/mol. The number of carbonyl (C=O) groups excluding carboxylic acids is 1. The van der Waals surface area contributed by atoms with Crippen LogP contribution in [0.5, 0.6) is 0 Å². The Morgan fingerprint density at radius 3 is 2.87 bits per heavy atom. The minimum Gasteiger partial charge on any atom is -0.320 e. The molecule has 0 saturated carbocycles. The van der Waals surface area contributed by atoms with Crippen LogP contribution in [0.2, 0.25) is 0 Å². The molecule has 0 aromatic carbocycles. The van der Waals surface area contributed by atoms with Gasteiger partial charge in [-0.1, -0.05) is 20.3 Å². The van der Waals surface area contributed by atoms with Gasteiger partial charge in [-0.2, -0.15) is 5.10 Å². The number of nitrogens with one attached hydrogen (secondary N) is 1. The van der Waals surface area contributed by atoms with Crippen LogP contribution >= 0.6 is 0 Å². The fraction of sp³-hybridized carbons (Fsp3) is 0.600. The summed E-state index contributed by atoms with van der Waals surface area (Å²) < 4.78 is 1.63. The number of carbonyl (C=O) groups is 1. The first-order valence-corrected chi connectivity index (χ1v) is 5.10. The van der Waals surface area contributed by atoms with Crippen LogP contribution in [0.3, 0.4) is 0 Å².